The van der Waals surface area contributed by atoms with E-state index in [1.807, 2.05) is 34.6 Å². The maximum absolute atomic E-state index is 13.5. The fraction of sp³-hybridized carbons (Fsp3) is 0.585. The summed E-state index contributed by atoms with van der Waals surface area (Å²) in [6.07, 6.45) is 3.43. The average molecular weight is 863 g/mol. The quantitative estimate of drug-likeness (QED) is 0.0691. The van der Waals surface area contributed by atoms with Crippen LogP contribution in [0.5, 0.6) is 0 Å². The molecule has 5 amide bonds. The van der Waals surface area contributed by atoms with Crippen LogP contribution in [0.2, 0.25) is 0 Å². The van der Waals surface area contributed by atoms with Gasteiger partial charge in [0.25, 0.3) is 15.9 Å². The Morgan fingerprint density at radius 3 is 2.05 bits per heavy atom. The summed E-state index contributed by atoms with van der Waals surface area (Å²) in [5.41, 5.74) is 0.820. The Morgan fingerprint density at radius 1 is 0.814 bits per heavy atom. The molecule has 16 nitrogen and oxygen atoms in total. The number of sulfonamides is 1. The molecule has 0 spiro atoms. The summed E-state index contributed by atoms with van der Waals surface area (Å²) in [6, 6.07) is 5.76. The maximum Gasteiger partial charge on any atom is 0.407 e. The lowest BCUT2D eigenvalue weighted by molar-refractivity contribution is -0.155. The Morgan fingerprint density at radius 2 is 1.46 bits per heavy atom. The molecule has 2 aromatic rings. The van der Waals surface area contributed by atoms with E-state index in [9.17, 15) is 37.2 Å². The molecule has 59 heavy (non-hydrogen) atoms. The second-order valence-corrected chi connectivity index (χ2v) is 18.1. The van der Waals surface area contributed by atoms with Gasteiger partial charge >= 0.3 is 12.1 Å². The zero-order chi connectivity index (χ0) is 44.3. The summed E-state index contributed by atoms with van der Waals surface area (Å²) in [7, 11) is -4.19. The summed E-state index contributed by atoms with van der Waals surface area (Å²) in [5, 5.41) is 10.5. The molecule has 0 aliphatic rings. The number of aryl methyl sites for hydroxylation is 1. The molecule has 5 N–H and O–H groups in total. The molecule has 0 saturated carbocycles. The van der Waals surface area contributed by atoms with Crippen molar-refractivity contribution >= 4 is 58.3 Å². The van der Waals surface area contributed by atoms with Crippen molar-refractivity contribution in [2.75, 3.05) is 18.9 Å². The Hall–Kier alpha value is -4.71. The number of pyridine rings is 1. The Labute approximate surface area is 354 Å². The third kappa shape index (κ3) is 19.3. The van der Waals surface area contributed by atoms with E-state index < -0.39 is 69.4 Å². The van der Waals surface area contributed by atoms with Crippen LogP contribution in [0.1, 0.15) is 109 Å². The van der Waals surface area contributed by atoms with Crippen molar-refractivity contribution in [3.05, 3.63) is 59.4 Å². The number of benzene rings is 1. The highest BCUT2D eigenvalue weighted by Crippen LogP contribution is 2.14. The number of hydrogen-bond donors (Lipinski definition) is 6. The van der Waals surface area contributed by atoms with Crippen molar-refractivity contribution in [1.29, 1.82) is 0 Å². The number of carbonyl (C=O) groups is 6. The molecule has 2 rings (SSSR count). The molecule has 1 heterocycles. The molecule has 0 radical (unpaired) electrons. The van der Waals surface area contributed by atoms with Gasteiger partial charge in [0.1, 0.15) is 29.4 Å². The van der Waals surface area contributed by atoms with Gasteiger partial charge in [-0.15, -0.1) is 0 Å². The zero-order valence-corrected chi connectivity index (χ0v) is 37.1. The molecule has 0 unspecified atom stereocenters. The van der Waals surface area contributed by atoms with Gasteiger partial charge in [0, 0.05) is 24.9 Å². The first kappa shape index (κ1) is 50.4. The molecule has 0 aliphatic heterocycles. The van der Waals surface area contributed by atoms with Gasteiger partial charge in [-0.25, -0.2) is 17.9 Å². The molecule has 3 atom stereocenters. The summed E-state index contributed by atoms with van der Waals surface area (Å²) >= 11 is 4.25. The van der Waals surface area contributed by atoms with Crippen LogP contribution >= 0.6 is 12.6 Å². The fourth-order valence-corrected chi connectivity index (χ4v) is 6.67. The van der Waals surface area contributed by atoms with Crippen LogP contribution in [-0.4, -0.2) is 91.7 Å². The number of hydrogen-bond acceptors (Lipinski definition) is 12. The zero-order valence-electron chi connectivity index (χ0n) is 35.4. The first-order valence-electron chi connectivity index (χ1n) is 19.9. The lowest BCUT2D eigenvalue weighted by Crippen LogP contribution is -2.57. The normalized spacial score (nSPS) is 13.1. The van der Waals surface area contributed by atoms with Crippen molar-refractivity contribution in [3.8, 4) is 0 Å². The van der Waals surface area contributed by atoms with Crippen LogP contribution in [0.15, 0.2) is 47.5 Å². The molecule has 1 aromatic heterocycles. The van der Waals surface area contributed by atoms with Gasteiger partial charge in [-0.2, -0.15) is 12.6 Å². The monoisotopic (exact) mass is 862 g/mol. The topological polar surface area (TPSA) is 228 Å². The maximum atomic E-state index is 13.5. The number of ether oxygens (including phenoxy) is 2. The number of nitrogens with one attached hydrogen (secondary N) is 5. The van der Waals surface area contributed by atoms with Gasteiger partial charge in [0.2, 0.25) is 17.7 Å². The van der Waals surface area contributed by atoms with Crippen molar-refractivity contribution in [1.82, 2.24) is 31.0 Å². The number of unbranched alkanes of at least 4 members (excludes halogenated alkanes) is 1. The Balaban J connectivity index is 2.03. The van der Waals surface area contributed by atoms with Crippen molar-refractivity contribution < 1.29 is 46.7 Å². The fourth-order valence-electron chi connectivity index (χ4n) is 5.45. The minimum absolute atomic E-state index is 0.000324. The third-order valence-corrected chi connectivity index (χ3v) is 10.1. The predicted molar refractivity (Wildman–Crippen MR) is 226 cm³/mol. The number of esters is 1. The van der Waals surface area contributed by atoms with Crippen LogP contribution in [-0.2, 0) is 51.5 Å². The van der Waals surface area contributed by atoms with Crippen molar-refractivity contribution in [2.24, 2.45) is 11.8 Å². The highest BCUT2D eigenvalue weighted by molar-refractivity contribution is 7.90. The van der Waals surface area contributed by atoms with Crippen LogP contribution in [0.25, 0.3) is 0 Å². The number of aromatic nitrogens is 1. The van der Waals surface area contributed by atoms with Crippen molar-refractivity contribution in [2.45, 2.75) is 129 Å². The van der Waals surface area contributed by atoms with Gasteiger partial charge in [0.05, 0.1) is 11.5 Å². The SMILES string of the molecule is CCCCc1ccnc(C(=O)NS(=O)(=O)c2ccc(CCNC(=O)[C@H](CS)NC(=O)[C@H](CC(C)C)NC(=O)[C@H](CCC(=O)OC(C)(C)C)NC(=O)OCC(C)C)cc2)c1. The molecule has 0 aliphatic carbocycles. The van der Waals surface area contributed by atoms with Crippen LogP contribution < -0.4 is 26.0 Å². The van der Waals surface area contributed by atoms with Gasteiger partial charge in [-0.1, -0.05) is 53.2 Å². The molecule has 18 heteroatoms. The minimum atomic E-state index is -4.19. The standard InChI is InChI=1S/C41H62N6O10S2/c1-9-10-11-29-19-20-42-32(23-29)39(52)47-59(54,55)30-14-12-28(13-15-30)18-21-43-36(49)34(25-58)45-38(51)33(22-26(2)3)44-37(50)31(46-40(53)56-24-27(4)5)16-17-35(48)57-41(6,7)8/h12-15,19-20,23,26-27,31,33-34,58H,9-11,16-18,21-22,24-25H2,1-8H3,(H,43,49)(H,44,50)(H,45,51)(H,46,53)(H,47,52)/t31-,33-,34-/m0/s1. The highest BCUT2D eigenvalue weighted by Gasteiger charge is 2.31. The van der Waals surface area contributed by atoms with E-state index in [0.29, 0.717) is 12.0 Å². The smallest absolute Gasteiger partial charge is 0.407 e. The number of alkyl carbamates (subject to hydrolysis) is 1. The molecule has 0 bridgehead atoms. The second-order valence-electron chi connectivity index (χ2n) is 16.0. The molecule has 0 saturated heterocycles. The first-order chi connectivity index (χ1) is 27.6. The van der Waals surface area contributed by atoms with Crippen LogP contribution in [0.3, 0.4) is 0 Å². The number of nitrogens with zero attached hydrogens (tertiary/aromatic N) is 1. The Bertz CT molecular complexity index is 1830. The first-order valence-corrected chi connectivity index (χ1v) is 22.0. The van der Waals surface area contributed by atoms with Crippen molar-refractivity contribution in [3.63, 3.8) is 0 Å². The second kappa shape index (κ2) is 24.4. The Kier molecular flexibility index (Phi) is 20.8. The number of thiol groups is 1. The lowest BCUT2D eigenvalue weighted by Gasteiger charge is -2.26. The minimum Gasteiger partial charge on any atom is -0.460 e. The number of carbonyl (C=O) groups excluding carboxylic acids is 6. The van der Waals surface area contributed by atoms with Gasteiger partial charge in [0.15, 0.2) is 0 Å². The third-order valence-electron chi connectivity index (χ3n) is 8.42. The van der Waals surface area contributed by atoms with Gasteiger partial charge in [-0.05, 0) is 100 Å². The van der Waals surface area contributed by atoms with E-state index in [-0.39, 0.29) is 60.6 Å². The summed E-state index contributed by atoms with van der Waals surface area (Å²) < 4.78 is 38.5. The largest absolute Gasteiger partial charge is 0.460 e. The van der Waals surface area contributed by atoms with E-state index in [1.165, 1.54) is 18.3 Å². The summed E-state index contributed by atoms with van der Waals surface area (Å²) in [6.45, 7) is 14.8. The molecule has 0 fully saturated rings. The number of rotatable bonds is 23. The van der Waals surface area contributed by atoms with E-state index in [0.717, 1.165) is 24.8 Å². The van der Waals surface area contributed by atoms with Crippen LogP contribution in [0, 0.1) is 11.8 Å². The van der Waals surface area contributed by atoms with Gasteiger partial charge < -0.3 is 30.7 Å². The molecular weight excluding hydrogens is 801 g/mol. The highest BCUT2D eigenvalue weighted by atomic mass is 32.2. The summed E-state index contributed by atoms with van der Waals surface area (Å²) in [4.78, 5) is 81.8. The average Bonchev–Trinajstić information content (AvgIpc) is 3.15. The predicted octanol–water partition coefficient (Wildman–Crippen LogP) is 4.02. The lowest BCUT2D eigenvalue weighted by atomic mass is 10.0. The summed E-state index contributed by atoms with van der Waals surface area (Å²) in [5.74, 6) is -3.44. The number of amides is 5. The molecular formula is C41H62N6O10S2. The van der Waals surface area contributed by atoms with E-state index >= 15 is 0 Å². The van der Waals surface area contributed by atoms with E-state index in [2.05, 4.69) is 43.6 Å². The van der Waals surface area contributed by atoms with E-state index in [1.54, 1.807) is 45.0 Å². The molecule has 328 valence electrons. The van der Waals surface area contributed by atoms with Crippen LogP contribution in [0.4, 0.5) is 4.79 Å². The van der Waals surface area contributed by atoms with E-state index in [4.69, 9.17) is 9.47 Å². The molecule has 1 aromatic carbocycles. The van der Waals surface area contributed by atoms with Gasteiger partial charge in [-0.3, -0.25) is 29.0 Å².